The van der Waals surface area contributed by atoms with Crippen LogP contribution >= 0.6 is 15.9 Å². The molecule has 2 heterocycles. The van der Waals surface area contributed by atoms with Crippen molar-refractivity contribution in [3.63, 3.8) is 0 Å². The maximum atomic E-state index is 9.63. The van der Waals surface area contributed by atoms with Gasteiger partial charge in [-0.25, -0.2) is 4.98 Å². The molecular weight excluding hydrogens is 358 g/mol. The average Bonchev–Trinajstić information content (AvgIpc) is 3.01. The molecule has 0 aliphatic rings. The molecule has 3 aromatic rings. The molecule has 0 saturated carbocycles. The minimum absolute atomic E-state index is 0.0308. The van der Waals surface area contributed by atoms with Crippen LogP contribution in [-0.4, -0.2) is 31.3 Å². The van der Waals surface area contributed by atoms with Crippen LogP contribution in [0.25, 0.3) is 5.78 Å². The van der Waals surface area contributed by atoms with E-state index in [1.165, 1.54) is 6.33 Å². The van der Waals surface area contributed by atoms with Gasteiger partial charge in [-0.1, -0.05) is 35.0 Å². The van der Waals surface area contributed by atoms with Gasteiger partial charge in [-0.3, -0.25) is 0 Å². The number of aromatic nitrogens is 4. The van der Waals surface area contributed by atoms with Crippen LogP contribution < -0.4 is 5.32 Å². The number of halogens is 1. The summed E-state index contributed by atoms with van der Waals surface area (Å²) in [5, 5.41) is 17.3. The van der Waals surface area contributed by atoms with Crippen molar-refractivity contribution in [3.05, 3.63) is 52.4 Å². The largest absolute Gasteiger partial charge is 0.396 e. The second-order valence-corrected chi connectivity index (χ2v) is 6.50. The second kappa shape index (κ2) is 6.64. The number of benzene rings is 1. The lowest BCUT2D eigenvalue weighted by Crippen LogP contribution is -2.23. The van der Waals surface area contributed by atoms with Crippen molar-refractivity contribution in [1.29, 1.82) is 0 Å². The van der Waals surface area contributed by atoms with E-state index in [0.29, 0.717) is 5.78 Å². The van der Waals surface area contributed by atoms with Gasteiger partial charge in [0, 0.05) is 28.8 Å². The molecule has 120 valence electrons. The summed E-state index contributed by atoms with van der Waals surface area (Å²) in [5.74, 6) is 1.39. The topological polar surface area (TPSA) is 75.3 Å². The smallest absolute Gasteiger partial charge is 0.254 e. The van der Waals surface area contributed by atoms with Crippen LogP contribution in [0.1, 0.15) is 24.2 Å². The summed E-state index contributed by atoms with van der Waals surface area (Å²) >= 11 is 3.45. The predicted octanol–water partition coefficient (Wildman–Crippen LogP) is 2.98. The quantitative estimate of drug-likeness (QED) is 0.716. The monoisotopic (exact) mass is 375 g/mol. The molecule has 0 aliphatic carbocycles. The van der Waals surface area contributed by atoms with Crippen LogP contribution in [0.15, 0.2) is 41.1 Å². The van der Waals surface area contributed by atoms with E-state index >= 15 is 0 Å². The number of nitrogens with zero attached hydrogens (tertiary/aromatic N) is 4. The summed E-state index contributed by atoms with van der Waals surface area (Å²) in [4.78, 5) is 8.49. The number of aliphatic hydroxyl groups excluding tert-OH is 1. The Morgan fingerprint density at radius 3 is 2.74 bits per heavy atom. The van der Waals surface area contributed by atoms with E-state index in [2.05, 4.69) is 36.3 Å². The number of hydrogen-bond acceptors (Lipinski definition) is 5. The van der Waals surface area contributed by atoms with Crippen molar-refractivity contribution in [3.8, 4) is 0 Å². The highest BCUT2D eigenvalue weighted by Gasteiger charge is 2.20. The van der Waals surface area contributed by atoms with Crippen molar-refractivity contribution in [2.75, 3.05) is 11.9 Å². The van der Waals surface area contributed by atoms with Crippen LogP contribution in [0, 0.1) is 12.8 Å². The first-order valence-corrected chi connectivity index (χ1v) is 8.18. The van der Waals surface area contributed by atoms with Crippen molar-refractivity contribution >= 4 is 27.5 Å². The number of hydrogen-bond donors (Lipinski definition) is 2. The lowest BCUT2D eigenvalue weighted by molar-refractivity contribution is 0.222. The van der Waals surface area contributed by atoms with Gasteiger partial charge < -0.3 is 10.4 Å². The lowest BCUT2D eigenvalue weighted by atomic mass is 9.95. The molecule has 0 spiro atoms. The minimum Gasteiger partial charge on any atom is -0.396 e. The molecule has 0 bridgehead atoms. The molecule has 0 aliphatic heterocycles. The zero-order valence-corrected chi connectivity index (χ0v) is 14.5. The van der Waals surface area contributed by atoms with Gasteiger partial charge in [-0.15, -0.1) is 0 Å². The van der Waals surface area contributed by atoms with Crippen LogP contribution in [0.2, 0.25) is 0 Å². The summed E-state index contributed by atoms with van der Waals surface area (Å²) in [6.07, 6.45) is 1.48. The number of nitrogens with one attached hydrogen (secondary N) is 1. The van der Waals surface area contributed by atoms with E-state index in [-0.39, 0.29) is 18.6 Å². The van der Waals surface area contributed by atoms with Crippen LogP contribution in [-0.2, 0) is 0 Å². The first-order valence-electron chi connectivity index (χ1n) is 7.38. The summed E-state index contributed by atoms with van der Waals surface area (Å²) in [6.45, 7) is 4.01. The van der Waals surface area contributed by atoms with Gasteiger partial charge in [-0.05, 0) is 24.6 Å². The molecule has 0 amide bonds. The van der Waals surface area contributed by atoms with Crippen LogP contribution in [0.4, 0.5) is 5.82 Å². The van der Waals surface area contributed by atoms with Crippen molar-refractivity contribution < 1.29 is 5.11 Å². The van der Waals surface area contributed by atoms with E-state index in [9.17, 15) is 5.11 Å². The highest BCUT2D eigenvalue weighted by molar-refractivity contribution is 9.10. The Bertz CT molecular complexity index is 802. The zero-order chi connectivity index (χ0) is 16.4. The van der Waals surface area contributed by atoms with Gasteiger partial charge in [0.05, 0.1) is 6.04 Å². The van der Waals surface area contributed by atoms with Gasteiger partial charge in [-0.2, -0.15) is 14.6 Å². The highest BCUT2D eigenvalue weighted by atomic mass is 79.9. The first-order chi connectivity index (χ1) is 11.1. The molecule has 2 N–H and O–H groups in total. The predicted molar refractivity (Wildman–Crippen MR) is 92.3 cm³/mol. The Labute approximate surface area is 142 Å². The number of rotatable bonds is 5. The van der Waals surface area contributed by atoms with Crippen molar-refractivity contribution in [2.24, 2.45) is 5.92 Å². The van der Waals surface area contributed by atoms with E-state index in [1.807, 2.05) is 44.2 Å². The molecule has 2 atom stereocenters. The SMILES string of the molecule is Cc1cc(N[C@@H](c2ccc(Br)cc2)[C@H](C)CO)n2ncnc2n1. The molecule has 7 heteroatoms. The Hall–Kier alpha value is -1.99. The Morgan fingerprint density at radius 2 is 2.04 bits per heavy atom. The third kappa shape index (κ3) is 3.35. The van der Waals surface area contributed by atoms with E-state index < -0.39 is 0 Å². The minimum atomic E-state index is -0.0534. The first kappa shape index (κ1) is 15.9. The van der Waals surface area contributed by atoms with E-state index in [1.54, 1.807) is 4.52 Å². The molecule has 1 aromatic carbocycles. The summed E-state index contributed by atoms with van der Waals surface area (Å²) in [7, 11) is 0. The van der Waals surface area contributed by atoms with Crippen LogP contribution in [0.5, 0.6) is 0 Å². The Kier molecular flexibility index (Phi) is 4.58. The van der Waals surface area contributed by atoms with E-state index in [4.69, 9.17) is 0 Å². The standard InChI is InChI=1S/C16H18BrN5O/c1-10(8-23)15(12-3-5-13(17)6-4-12)21-14-7-11(2)20-16-18-9-19-22(14)16/h3-7,9-10,15,21,23H,8H2,1-2H3/t10-,15-/m1/s1. The molecule has 0 unspecified atom stereocenters. The van der Waals surface area contributed by atoms with Crippen molar-refractivity contribution in [2.45, 2.75) is 19.9 Å². The Morgan fingerprint density at radius 1 is 1.30 bits per heavy atom. The van der Waals surface area contributed by atoms with E-state index in [0.717, 1.165) is 21.5 Å². The van der Waals surface area contributed by atoms with Gasteiger partial charge in [0.2, 0.25) is 0 Å². The summed E-state index contributed by atoms with van der Waals surface area (Å²) < 4.78 is 2.69. The van der Waals surface area contributed by atoms with Gasteiger partial charge >= 0.3 is 0 Å². The average molecular weight is 376 g/mol. The fourth-order valence-corrected chi connectivity index (χ4v) is 2.79. The lowest BCUT2D eigenvalue weighted by Gasteiger charge is -2.25. The van der Waals surface area contributed by atoms with Crippen LogP contribution in [0.3, 0.4) is 0 Å². The number of anilines is 1. The zero-order valence-electron chi connectivity index (χ0n) is 12.9. The molecule has 0 fully saturated rings. The van der Waals surface area contributed by atoms with Gasteiger partial charge in [0.25, 0.3) is 5.78 Å². The fourth-order valence-electron chi connectivity index (χ4n) is 2.52. The normalized spacial score (nSPS) is 13.9. The number of aryl methyl sites for hydroxylation is 1. The molecule has 2 aromatic heterocycles. The van der Waals surface area contributed by atoms with Gasteiger partial charge in [0.1, 0.15) is 12.1 Å². The molecular formula is C16H18BrN5O. The number of aliphatic hydroxyl groups is 1. The molecule has 0 radical (unpaired) electrons. The summed E-state index contributed by atoms with van der Waals surface area (Å²) in [5.41, 5.74) is 1.96. The van der Waals surface area contributed by atoms with Gasteiger partial charge in [0.15, 0.2) is 0 Å². The molecule has 3 rings (SSSR count). The molecule has 0 saturated heterocycles. The number of fused-ring (bicyclic) bond motifs is 1. The third-order valence-electron chi connectivity index (χ3n) is 3.77. The Balaban J connectivity index is 2.00. The third-order valence-corrected chi connectivity index (χ3v) is 4.30. The van der Waals surface area contributed by atoms with Crippen molar-refractivity contribution in [1.82, 2.24) is 19.6 Å². The maximum absolute atomic E-state index is 9.63. The fraction of sp³-hybridized carbons (Fsp3) is 0.312. The second-order valence-electron chi connectivity index (χ2n) is 5.59. The maximum Gasteiger partial charge on any atom is 0.254 e. The summed E-state index contributed by atoms with van der Waals surface area (Å²) in [6, 6.07) is 9.95. The molecule has 23 heavy (non-hydrogen) atoms. The molecule has 6 nitrogen and oxygen atoms in total. The highest BCUT2D eigenvalue weighted by Crippen LogP contribution is 2.28.